The van der Waals surface area contributed by atoms with Crippen LogP contribution in [0.2, 0.25) is 5.02 Å². The number of hydrogen-bond donors (Lipinski definition) is 2. The lowest BCUT2D eigenvalue weighted by molar-refractivity contribution is -0.384. The smallest absolute Gasteiger partial charge is 0.338 e. The first kappa shape index (κ1) is 22.7. The summed E-state index contributed by atoms with van der Waals surface area (Å²) >= 11 is 5.94. The molecule has 1 saturated carbocycles. The van der Waals surface area contributed by atoms with Gasteiger partial charge in [0.05, 0.1) is 26.1 Å². The number of hydrogen-bond acceptors (Lipinski definition) is 7. The molecule has 0 aromatic heterocycles. The molecule has 31 heavy (non-hydrogen) atoms. The number of halogens is 1. The van der Waals surface area contributed by atoms with Gasteiger partial charge in [-0.15, -0.1) is 0 Å². The van der Waals surface area contributed by atoms with E-state index in [2.05, 4.69) is 10.0 Å². The highest BCUT2D eigenvalue weighted by molar-refractivity contribution is 7.89. The lowest BCUT2D eigenvalue weighted by Crippen LogP contribution is -2.30. The molecule has 1 atom stereocenters. The summed E-state index contributed by atoms with van der Waals surface area (Å²) in [6, 6.07) is 8.60. The van der Waals surface area contributed by atoms with E-state index in [1.807, 2.05) is 0 Å². The van der Waals surface area contributed by atoms with E-state index >= 15 is 0 Å². The van der Waals surface area contributed by atoms with Crippen molar-refractivity contribution in [3.63, 3.8) is 0 Å². The summed E-state index contributed by atoms with van der Waals surface area (Å²) in [5.41, 5.74) is -0.213. The standard InChI is InChI=1S/C19H18ClN3O7S/c1-11(18(24)21-17-10-14(23(26)27)6-9-16(17)20)30-19(25)12-2-7-15(8-3-12)31(28,29)22-13-4-5-13/h2-3,6-11,13,22H,4-5H2,1H3,(H,21,24). The number of rotatable bonds is 8. The molecule has 0 heterocycles. The van der Waals surface area contributed by atoms with E-state index in [-0.39, 0.29) is 32.9 Å². The van der Waals surface area contributed by atoms with Gasteiger partial charge in [0.2, 0.25) is 10.0 Å². The zero-order chi connectivity index (χ0) is 22.8. The Bertz CT molecular complexity index is 1130. The van der Waals surface area contributed by atoms with Crippen molar-refractivity contribution in [1.82, 2.24) is 4.72 Å². The van der Waals surface area contributed by atoms with E-state index in [0.29, 0.717) is 0 Å². The molecule has 0 bridgehead atoms. The number of nitro groups is 1. The van der Waals surface area contributed by atoms with Gasteiger partial charge in [-0.2, -0.15) is 0 Å². The highest BCUT2D eigenvalue weighted by Crippen LogP contribution is 2.27. The molecule has 1 aliphatic rings. The van der Waals surface area contributed by atoms with E-state index in [1.165, 1.54) is 43.3 Å². The van der Waals surface area contributed by atoms with Crippen LogP contribution in [-0.4, -0.2) is 37.4 Å². The Morgan fingerprint density at radius 2 is 1.84 bits per heavy atom. The highest BCUT2D eigenvalue weighted by atomic mass is 35.5. The molecule has 164 valence electrons. The molecule has 0 spiro atoms. The van der Waals surface area contributed by atoms with Crippen LogP contribution in [0.3, 0.4) is 0 Å². The van der Waals surface area contributed by atoms with Crippen molar-refractivity contribution in [1.29, 1.82) is 0 Å². The predicted molar refractivity (Wildman–Crippen MR) is 111 cm³/mol. The van der Waals surface area contributed by atoms with Gasteiger partial charge in [-0.1, -0.05) is 11.6 Å². The number of anilines is 1. The van der Waals surface area contributed by atoms with Crippen LogP contribution in [0.5, 0.6) is 0 Å². The highest BCUT2D eigenvalue weighted by Gasteiger charge is 2.28. The number of carbonyl (C=O) groups is 2. The molecule has 12 heteroatoms. The minimum atomic E-state index is -3.65. The minimum Gasteiger partial charge on any atom is -0.449 e. The number of esters is 1. The summed E-state index contributed by atoms with van der Waals surface area (Å²) in [6.45, 7) is 1.32. The molecule has 2 aromatic rings. The topological polar surface area (TPSA) is 145 Å². The Labute approximate surface area is 182 Å². The summed E-state index contributed by atoms with van der Waals surface area (Å²) in [6.07, 6.45) is 0.346. The molecule has 3 rings (SSSR count). The number of nitrogens with zero attached hydrogens (tertiary/aromatic N) is 1. The molecular formula is C19H18ClN3O7S. The number of nitrogens with one attached hydrogen (secondary N) is 2. The first-order valence-corrected chi connectivity index (χ1v) is 11.0. The number of amides is 1. The van der Waals surface area contributed by atoms with Crippen LogP contribution in [0.1, 0.15) is 30.1 Å². The fraction of sp³-hybridized carbons (Fsp3) is 0.263. The van der Waals surface area contributed by atoms with Crippen LogP contribution in [0.4, 0.5) is 11.4 Å². The van der Waals surface area contributed by atoms with Crippen LogP contribution in [0.15, 0.2) is 47.4 Å². The Morgan fingerprint density at radius 3 is 2.42 bits per heavy atom. The van der Waals surface area contributed by atoms with E-state index in [1.54, 1.807) is 0 Å². The largest absolute Gasteiger partial charge is 0.449 e. The first-order chi connectivity index (χ1) is 14.6. The van der Waals surface area contributed by atoms with Crippen molar-refractivity contribution >= 4 is 44.9 Å². The summed E-state index contributed by atoms with van der Waals surface area (Å²) in [5, 5.41) is 13.3. The number of ether oxygens (including phenoxy) is 1. The number of carbonyl (C=O) groups excluding carboxylic acids is 2. The molecule has 1 amide bonds. The Balaban J connectivity index is 1.63. The van der Waals surface area contributed by atoms with Crippen molar-refractivity contribution in [3.05, 3.63) is 63.2 Å². The lowest BCUT2D eigenvalue weighted by atomic mass is 10.2. The molecule has 2 N–H and O–H groups in total. The van der Waals surface area contributed by atoms with Gasteiger partial charge >= 0.3 is 5.97 Å². The maximum atomic E-state index is 12.3. The fourth-order valence-corrected chi connectivity index (χ4v) is 3.97. The van der Waals surface area contributed by atoms with Gasteiger partial charge < -0.3 is 10.1 Å². The molecule has 0 saturated heterocycles. The number of sulfonamides is 1. The average Bonchev–Trinajstić information content (AvgIpc) is 3.52. The number of non-ortho nitro benzene ring substituents is 1. The maximum absolute atomic E-state index is 12.3. The van der Waals surface area contributed by atoms with Gasteiger partial charge in [0.1, 0.15) is 0 Å². The third-order valence-corrected chi connectivity index (χ3v) is 6.24. The second kappa shape index (κ2) is 9.00. The zero-order valence-electron chi connectivity index (χ0n) is 16.2. The second-order valence-electron chi connectivity index (χ2n) is 6.88. The van der Waals surface area contributed by atoms with E-state index in [0.717, 1.165) is 18.9 Å². The van der Waals surface area contributed by atoms with Gasteiger partial charge in [0, 0.05) is 18.2 Å². The fourth-order valence-electron chi connectivity index (χ4n) is 2.50. The normalized spacial score (nSPS) is 14.5. The zero-order valence-corrected chi connectivity index (χ0v) is 17.8. The third-order valence-electron chi connectivity index (χ3n) is 4.37. The van der Waals surface area contributed by atoms with Crippen LogP contribution in [-0.2, 0) is 19.6 Å². The number of benzene rings is 2. The molecule has 0 aliphatic heterocycles. The lowest BCUT2D eigenvalue weighted by Gasteiger charge is -2.14. The summed E-state index contributed by atoms with van der Waals surface area (Å²) in [5.74, 6) is -1.59. The van der Waals surface area contributed by atoms with Crippen molar-refractivity contribution in [3.8, 4) is 0 Å². The molecule has 1 unspecified atom stereocenters. The quantitative estimate of drug-likeness (QED) is 0.345. The van der Waals surface area contributed by atoms with Crippen molar-refractivity contribution in [2.75, 3.05) is 5.32 Å². The van der Waals surface area contributed by atoms with Gasteiger partial charge in [-0.05, 0) is 50.1 Å². The van der Waals surface area contributed by atoms with Crippen LogP contribution < -0.4 is 10.0 Å². The Kier molecular flexibility index (Phi) is 6.58. The van der Waals surface area contributed by atoms with Gasteiger partial charge in [-0.3, -0.25) is 14.9 Å². The van der Waals surface area contributed by atoms with Gasteiger partial charge in [-0.25, -0.2) is 17.9 Å². The van der Waals surface area contributed by atoms with Crippen molar-refractivity contribution < 1.29 is 27.7 Å². The summed E-state index contributed by atoms with van der Waals surface area (Å²) in [4.78, 5) is 34.8. The number of nitro benzene ring substituents is 1. The first-order valence-electron chi connectivity index (χ1n) is 9.15. The molecule has 1 aliphatic carbocycles. The predicted octanol–water partition coefficient (Wildman–Crippen LogP) is 2.87. The van der Waals surface area contributed by atoms with E-state index < -0.39 is 32.9 Å². The van der Waals surface area contributed by atoms with Crippen LogP contribution >= 0.6 is 11.6 Å². The molecule has 1 fully saturated rings. The average molecular weight is 468 g/mol. The Hall–Kier alpha value is -3.02. The maximum Gasteiger partial charge on any atom is 0.338 e. The SMILES string of the molecule is CC(OC(=O)c1ccc(S(=O)(=O)NC2CC2)cc1)C(=O)Nc1cc([N+](=O)[O-])ccc1Cl. The monoisotopic (exact) mass is 467 g/mol. The van der Waals surface area contributed by atoms with Gasteiger partial charge in [0.25, 0.3) is 11.6 Å². The molecule has 0 radical (unpaired) electrons. The summed E-state index contributed by atoms with van der Waals surface area (Å²) in [7, 11) is -3.65. The molecule has 2 aromatic carbocycles. The van der Waals surface area contributed by atoms with Crippen molar-refractivity contribution in [2.24, 2.45) is 0 Å². The van der Waals surface area contributed by atoms with Crippen molar-refractivity contribution in [2.45, 2.75) is 36.8 Å². The minimum absolute atomic E-state index is 0.00138. The summed E-state index contributed by atoms with van der Waals surface area (Å²) < 4.78 is 32.0. The third kappa shape index (κ3) is 5.78. The van der Waals surface area contributed by atoms with E-state index in [9.17, 15) is 28.1 Å². The Morgan fingerprint density at radius 1 is 1.19 bits per heavy atom. The molecule has 10 nitrogen and oxygen atoms in total. The van der Waals surface area contributed by atoms with Crippen LogP contribution in [0, 0.1) is 10.1 Å². The molecular weight excluding hydrogens is 450 g/mol. The van der Waals surface area contributed by atoms with Gasteiger partial charge in [0.15, 0.2) is 6.10 Å². The second-order valence-corrected chi connectivity index (χ2v) is 9.00. The van der Waals surface area contributed by atoms with Crippen LogP contribution in [0.25, 0.3) is 0 Å². The van der Waals surface area contributed by atoms with E-state index in [4.69, 9.17) is 16.3 Å².